The Morgan fingerprint density at radius 2 is 2.20 bits per heavy atom. The Bertz CT molecular complexity index is 361. The molecule has 1 N–H and O–H groups in total. The highest BCUT2D eigenvalue weighted by Crippen LogP contribution is 2.51. The fourth-order valence-electron chi connectivity index (χ4n) is 1.74. The Labute approximate surface area is 94.5 Å². The standard InChI is InChI=1S/C12H16FNS/c1-9-7-10(13)3-4-11(9)15-12(5-6-12)8-14-2/h3-4,7,14H,5-6,8H2,1-2H3. The van der Waals surface area contributed by atoms with Gasteiger partial charge in [-0.05, 0) is 50.6 Å². The summed E-state index contributed by atoms with van der Waals surface area (Å²) in [6.45, 7) is 3.01. The Kier molecular flexibility index (Phi) is 3.03. The summed E-state index contributed by atoms with van der Waals surface area (Å²) in [5, 5.41) is 3.23. The fourth-order valence-corrected chi connectivity index (χ4v) is 3.08. The molecule has 0 saturated heterocycles. The van der Waals surface area contributed by atoms with Crippen molar-refractivity contribution >= 4 is 11.8 Å². The van der Waals surface area contributed by atoms with Crippen LogP contribution >= 0.6 is 11.8 Å². The zero-order valence-corrected chi connectivity index (χ0v) is 9.96. The summed E-state index contributed by atoms with van der Waals surface area (Å²) in [7, 11) is 1.98. The van der Waals surface area contributed by atoms with E-state index in [4.69, 9.17) is 0 Å². The van der Waals surface area contributed by atoms with Gasteiger partial charge in [0.05, 0.1) is 0 Å². The van der Waals surface area contributed by atoms with Gasteiger partial charge < -0.3 is 5.32 Å². The summed E-state index contributed by atoms with van der Waals surface area (Å²) in [6, 6.07) is 5.05. The molecule has 0 heterocycles. The second kappa shape index (κ2) is 4.14. The minimum atomic E-state index is -0.143. The fraction of sp³-hybridized carbons (Fsp3) is 0.500. The first kappa shape index (κ1) is 11.0. The van der Waals surface area contributed by atoms with E-state index in [1.807, 2.05) is 31.8 Å². The lowest BCUT2D eigenvalue weighted by atomic mass is 10.2. The molecule has 0 aliphatic heterocycles. The molecule has 1 fully saturated rings. The van der Waals surface area contributed by atoms with Crippen LogP contribution in [0.3, 0.4) is 0 Å². The molecule has 1 saturated carbocycles. The van der Waals surface area contributed by atoms with Gasteiger partial charge in [0.25, 0.3) is 0 Å². The van der Waals surface area contributed by atoms with Crippen LogP contribution in [-0.2, 0) is 0 Å². The average Bonchev–Trinajstić information content (AvgIpc) is 2.91. The van der Waals surface area contributed by atoms with Crippen molar-refractivity contribution in [3.8, 4) is 0 Å². The molecule has 0 spiro atoms. The number of benzene rings is 1. The van der Waals surface area contributed by atoms with E-state index >= 15 is 0 Å². The quantitative estimate of drug-likeness (QED) is 0.845. The third-order valence-electron chi connectivity index (χ3n) is 2.77. The van der Waals surface area contributed by atoms with Crippen LogP contribution in [0.25, 0.3) is 0 Å². The lowest BCUT2D eigenvalue weighted by Crippen LogP contribution is -2.22. The number of nitrogens with one attached hydrogen (secondary N) is 1. The maximum absolute atomic E-state index is 12.9. The second-order valence-electron chi connectivity index (χ2n) is 4.23. The molecule has 3 heteroatoms. The maximum atomic E-state index is 12.9. The third-order valence-corrected chi connectivity index (χ3v) is 4.43. The normalized spacial score (nSPS) is 17.8. The first-order valence-corrected chi connectivity index (χ1v) is 6.07. The molecule has 0 amide bonds. The van der Waals surface area contributed by atoms with E-state index in [-0.39, 0.29) is 5.82 Å². The molecule has 15 heavy (non-hydrogen) atoms. The van der Waals surface area contributed by atoms with Gasteiger partial charge in [-0.25, -0.2) is 4.39 Å². The molecular weight excluding hydrogens is 209 g/mol. The van der Waals surface area contributed by atoms with Crippen molar-refractivity contribution in [1.29, 1.82) is 0 Å². The van der Waals surface area contributed by atoms with Gasteiger partial charge in [-0.15, -0.1) is 11.8 Å². The van der Waals surface area contributed by atoms with E-state index < -0.39 is 0 Å². The van der Waals surface area contributed by atoms with E-state index in [1.165, 1.54) is 17.7 Å². The predicted octanol–water partition coefficient (Wildman–Crippen LogP) is 2.98. The summed E-state index contributed by atoms with van der Waals surface area (Å²) in [4.78, 5) is 1.21. The lowest BCUT2D eigenvalue weighted by molar-refractivity contribution is 0.625. The first-order chi connectivity index (χ1) is 7.15. The van der Waals surface area contributed by atoms with E-state index in [2.05, 4.69) is 5.32 Å². The van der Waals surface area contributed by atoms with Crippen molar-refractivity contribution in [2.75, 3.05) is 13.6 Å². The first-order valence-electron chi connectivity index (χ1n) is 5.25. The Morgan fingerprint density at radius 1 is 1.47 bits per heavy atom. The van der Waals surface area contributed by atoms with Crippen molar-refractivity contribution in [1.82, 2.24) is 5.32 Å². The van der Waals surface area contributed by atoms with Crippen LogP contribution in [0.15, 0.2) is 23.1 Å². The number of rotatable bonds is 4. The van der Waals surface area contributed by atoms with Crippen LogP contribution in [0, 0.1) is 12.7 Å². The Balaban J connectivity index is 2.11. The molecular formula is C12H16FNS. The van der Waals surface area contributed by atoms with Crippen molar-refractivity contribution in [3.05, 3.63) is 29.6 Å². The molecule has 2 rings (SSSR count). The van der Waals surface area contributed by atoms with Gasteiger partial charge in [-0.3, -0.25) is 0 Å². The molecule has 0 aromatic heterocycles. The van der Waals surface area contributed by atoms with E-state index in [1.54, 1.807) is 12.1 Å². The number of hydrogen-bond acceptors (Lipinski definition) is 2. The van der Waals surface area contributed by atoms with Crippen LogP contribution in [-0.4, -0.2) is 18.3 Å². The van der Waals surface area contributed by atoms with Crippen LogP contribution < -0.4 is 5.32 Å². The van der Waals surface area contributed by atoms with Crippen LogP contribution in [0.4, 0.5) is 4.39 Å². The summed E-state index contributed by atoms with van der Waals surface area (Å²) in [6.07, 6.45) is 2.52. The van der Waals surface area contributed by atoms with Crippen molar-refractivity contribution in [2.24, 2.45) is 0 Å². The smallest absolute Gasteiger partial charge is 0.123 e. The van der Waals surface area contributed by atoms with Gasteiger partial charge in [0.2, 0.25) is 0 Å². The molecule has 1 aliphatic rings. The SMILES string of the molecule is CNCC1(Sc2ccc(F)cc2C)CC1. The van der Waals surface area contributed by atoms with Crippen molar-refractivity contribution in [3.63, 3.8) is 0 Å². The average molecular weight is 225 g/mol. The highest BCUT2D eigenvalue weighted by Gasteiger charge is 2.43. The summed E-state index contributed by atoms with van der Waals surface area (Å²) in [5.74, 6) is -0.143. The van der Waals surface area contributed by atoms with Crippen LogP contribution in [0.2, 0.25) is 0 Å². The van der Waals surface area contributed by atoms with E-state index in [0.29, 0.717) is 4.75 Å². The van der Waals surface area contributed by atoms with Gasteiger partial charge in [-0.2, -0.15) is 0 Å². The molecule has 1 aliphatic carbocycles. The Hall–Kier alpha value is -0.540. The van der Waals surface area contributed by atoms with Gasteiger partial charge in [0.1, 0.15) is 5.82 Å². The van der Waals surface area contributed by atoms with E-state index in [0.717, 1.165) is 12.1 Å². The highest BCUT2D eigenvalue weighted by molar-refractivity contribution is 8.01. The van der Waals surface area contributed by atoms with E-state index in [9.17, 15) is 4.39 Å². The number of thioether (sulfide) groups is 1. The van der Waals surface area contributed by atoms with Gasteiger partial charge in [0, 0.05) is 16.2 Å². The van der Waals surface area contributed by atoms with Crippen LogP contribution in [0.5, 0.6) is 0 Å². The monoisotopic (exact) mass is 225 g/mol. The molecule has 1 nitrogen and oxygen atoms in total. The summed E-state index contributed by atoms with van der Waals surface area (Å²) < 4.78 is 13.3. The zero-order chi connectivity index (χ0) is 10.9. The third kappa shape index (κ3) is 2.52. The topological polar surface area (TPSA) is 12.0 Å². The zero-order valence-electron chi connectivity index (χ0n) is 9.14. The predicted molar refractivity (Wildman–Crippen MR) is 62.9 cm³/mol. The summed E-state index contributed by atoms with van der Waals surface area (Å²) in [5.41, 5.74) is 1.04. The Morgan fingerprint density at radius 3 is 2.73 bits per heavy atom. The molecule has 0 unspecified atom stereocenters. The summed E-state index contributed by atoms with van der Waals surface area (Å²) >= 11 is 1.89. The molecule has 0 atom stereocenters. The number of halogens is 1. The maximum Gasteiger partial charge on any atom is 0.123 e. The molecule has 0 bridgehead atoms. The molecule has 0 radical (unpaired) electrons. The molecule has 1 aromatic rings. The van der Waals surface area contributed by atoms with Crippen molar-refractivity contribution < 1.29 is 4.39 Å². The molecule has 82 valence electrons. The molecule has 1 aromatic carbocycles. The van der Waals surface area contributed by atoms with Crippen LogP contribution in [0.1, 0.15) is 18.4 Å². The minimum absolute atomic E-state index is 0.143. The second-order valence-corrected chi connectivity index (χ2v) is 5.74. The van der Waals surface area contributed by atoms with Crippen molar-refractivity contribution in [2.45, 2.75) is 29.4 Å². The largest absolute Gasteiger partial charge is 0.318 e. The number of hydrogen-bond donors (Lipinski definition) is 1. The van der Waals surface area contributed by atoms with Gasteiger partial charge in [-0.1, -0.05) is 0 Å². The lowest BCUT2D eigenvalue weighted by Gasteiger charge is -2.15. The van der Waals surface area contributed by atoms with Gasteiger partial charge in [0.15, 0.2) is 0 Å². The minimum Gasteiger partial charge on any atom is -0.318 e. The van der Waals surface area contributed by atoms with Gasteiger partial charge >= 0.3 is 0 Å². The highest BCUT2D eigenvalue weighted by atomic mass is 32.2. The number of aryl methyl sites for hydroxylation is 1.